The van der Waals surface area contributed by atoms with E-state index in [4.69, 9.17) is 10.5 Å². The number of methoxy groups -OCH3 is 1. The van der Waals surface area contributed by atoms with E-state index in [0.717, 1.165) is 11.8 Å². The summed E-state index contributed by atoms with van der Waals surface area (Å²) in [7, 11) is 3.06. The molecule has 0 fully saturated rings. The molecule has 0 aliphatic carbocycles. The Labute approximate surface area is 199 Å². The van der Waals surface area contributed by atoms with Crippen LogP contribution in [0.15, 0.2) is 43.8 Å². The van der Waals surface area contributed by atoms with Crippen LogP contribution in [0.2, 0.25) is 0 Å². The van der Waals surface area contributed by atoms with Gasteiger partial charge in [0.05, 0.1) is 23.3 Å². The van der Waals surface area contributed by atoms with E-state index < -0.39 is 17.2 Å². The van der Waals surface area contributed by atoms with Gasteiger partial charge >= 0.3 is 5.69 Å². The van der Waals surface area contributed by atoms with E-state index in [9.17, 15) is 19.2 Å². The summed E-state index contributed by atoms with van der Waals surface area (Å²) in [5.41, 5.74) is 5.00. The number of nitrogen functional groups attached to an aromatic ring is 1. The molecule has 0 bridgehead atoms. The van der Waals surface area contributed by atoms with Crippen molar-refractivity contribution in [3.05, 3.63) is 55.5 Å². The fraction of sp³-hybridized carbons (Fsp3) is 0.409. The fourth-order valence-corrected chi connectivity index (χ4v) is 4.31. The second kappa shape index (κ2) is 10.7. The van der Waals surface area contributed by atoms with Crippen molar-refractivity contribution in [1.29, 1.82) is 0 Å². The number of hydrogen-bond acceptors (Lipinski definition) is 8. The van der Waals surface area contributed by atoms with Gasteiger partial charge in [-0.2, -0.15) is 0 Å². The van der Waals surface area contributed by atoms with E-state index in [1.54, 1.807) is 31.3 Å². The van der Waals surface area contributed by atoms with Gasteiger partial charge in [0.15, 0.2) is 10.8 Å². The zero-order chi connectivity index (χ0) is 25.0. The van der Waals surface area contributed by atoms with Gasteiger partial charge in [0.1, 0.15) is 5.82 Å². The highest BCUT2D eigenvalue weighted by atomic mass is 32.2. The Kier molecular flexibility index (Phi) is 7.94. The Morgan fingerprint density at radius 2 is 1.97 bits per heavy atom. The van der Waals surface area contributed by atoms with Crippen molar-refractivity contribution >= 4 is 40.1 Å². The number of nitrogens with zero attached hydrogens (tertiary/aromatic N) is 4. The Hall–Kier alpha value is -3.38. The zero-order valence-electron chi connectivity index (χ0n) is 19.5. The number of carbonyl (C=O) groups excluding carboxylic acids is 1. The van der Waals surface area contributed by atoms with Crippen molar-refractivity contribution in [2.75, 3.05) is 36.6 Å². The monoisotopic (exact) mass is 488 g/mol. The number of amides is 1. The lowest BCUT2D eigenvalue weighted by Crippen LogP contribution is -2.43. The Morgan fingerprint density at radius 3 is 2.65 bits per heavy atom. The first-order valence-corrected chi connectivity index (χ1v) is 11.6. The lowest BCUT2D eigenvalue weighted by Gasteiger charge is -2.24. The van der Waals surface area contributed by atoms with Gasteiger partial charge in [-0.1, -0.05) is 37.7 Å². The van der Waals surface area contributed by atoms with Crippen molar-refractivity contribution in [2.24, 2.45) is 13.0 Å². The average Bonchev–Trinajstić information content (AvgIpc) is 2.79. The first-order valence-electron chi connectivity index (χ1n) is 10.7. The van der Waals surface area contributed by atoms with Crippen molar-refractivity contribution < 1.29 is 9.53 Å². The predicted octanol–water partition coefficient (Wildman–Crippen LogP) is 0.793. The molecule has 34 heavy (non-hydrogen) atoms. The number of nitrogens with two attached hydrogens (primary N) is 1. The number of ether oxygens (including phenoxy) is 1. The third kappa shape index (κ3) is 5.23. The number of nitrogens with one attached hydrogen (secondary N) is 1. The third-order valence-electron chi connectivity index (χ3n) is 5.12. The maximum absolute atomic E-state index is 13.2. The Balaban J connectivity index is 1.96. The first-order chi connectivity index (χ1) is 16.1. The van der Waals surface area contributed by atoms with E-state index in [0.29, 0.717) is 16.1 Å². The number of rotatable bonds is 9. The quantitative estimate of drug-likeness (QED) is 0.332. The second-order valence-electron chi connectivity index (χ2n) is 8.10. The van der Waals surface area contributed by atoms with Crippen LogP contribution in [0.5, 0.6) is 0 Å². The van der Waals surface area contributed by atoms with Crippen molar-refractivity contribution in [1.82, 2.24) is 19.1 Å². The van der Waals surface area contributed by atoms with Crippen molar-refractivity contribution in [3.63, 3.8) is 0 Å². The highest BCUT2D eigenvalue weighted by molar-refractivity contribution is 7.99. The number of aromatic amines is 1. The molecule has 2 aromatic heterocycles. The minimum atomic E-state index is -0.756. The van der Waals surface area contributed by atoms with Crippen LogP contribution in [-0.4, -0.2) is 51.0 Å². The molecule has 0 unspecified atom stereocenters. The molecule has 3 rings (SSSR count). The fourth-order valence-electron chi connectivity index (χ4n) is 3.46. The smallest absolute Gasteiger partial charge is 0.330 e. The highest BCUT2D eigenvalue weighted by Crippen LogP contribution is 2.21. The molecule has 0 aliphatic rings. The molecule has 0 spiro atoms. The lowest BCUT2D eigenvalue weighted by molar-refractivity contribution is -0.116. The van der Waals surface area contributed by atoms with E-state index >= 15 is 0 Å². The third-order valence-corrected chi connectivity index (χ3v) is 6.13. The molecule has 0 saturated carbocycles. The molecule has 3 aromatic rings. The van der Waals surface area contributed by atoms with Gasteiger partial charge in [-0.25, -0.2) is 9.78 Å². The molecule has 0 saturated heterocycles. The van der Waals surface area contributed by atoms with Crippen LogP contribution in [-0.2, 0) is 23.1 Å². The number of para-hydroxylation sites is 1. The first kappa shape index (κ1) is 25.2. The number of benzene rings is 1. The number of H-pyrrole nitrogens is 1. The summed E-state index contributed by atoms with van der Waals surface area (Å²) in [6.45, 7) is 4.28. The number of aromatic nitrogens is 4. The topological polar surface area (TPSA) is 145 Å². The maximum Gasteiger partial charge on any atom is 0.330 e. The summed E-state index contributed by atoms with van der Waals surface area (Å²) in [6.07, 6.45) is 0. The predicted molar refractivity (Wildman–Crippen MR) is 133 cm³/mol. The second-order valence-corrected chi connectivity index (χ2v) is 9.04. The normalized spacial score (nSPS) is 11.3. The molecule has 3 N–H and O–H groups in total. The van der Waals surface area contributed by atoms with E-state index in [1.165, 1.54) is 21.1 Å². The van der Waals surface area contributed by atoms with Gasteiger partial charge in [-0.05, 0) is 18.1 Å². The summed E-state index contributed by atoms with van der Waals surface area (Å²) < 4.78 is 7.73. The van der Waals surface area contributed by atoms with Gasteiger partial charge in [0.25, 0.3) is 11.1 Å². The molecule has 0 radical (unpaired) electrons. The SMILES string of the molecule is COCCN(C(=O)CSc1nc2ccccc2c(=O)n1C)c1c(N)n(CC(C)C)c(=O)[nH]c1=O. The standard InChI is InChI=1S/C22H28N6O5S/c1-13(2)11-28-18(23)17(19(30)25-21(28)32)27(9-10-33-4)16(29)12-34-22-24-15-8-6-5-7-14(15)20(31)26(22)3/h5-8,13H,9-12,23H2,1-4H3,(H,25,30,32). The number of anilines is 2. The molecule has 0 aliphatic heterocycles. The average molecular weight is 489 g/mol. The van der Waals surface area contributed by atoms with Gasteiger partial charge in [0.2, 0.25) is 5.91 Å². The molecule has 0 atom stereocenters. The zero-order valence-corrected chi connectivity index (χ0v) is 20.3. The molecule has 12 heteroatoms. The largest absolute Gasteiger partial charge is 0.383 e. The number of hydrogen-bond donors (Lipinski definition) is 2. The molecular weight excluding hydrogens is 460 g/mol. The lowest BCUT2D eigenvalue weighted by atomic mass is 10.2. The van der Waals surface area contributed by atoms with Crippen LogP contribution in [0.25, 0.3) is 10.9 Å². The molecule has 11 nitrogen and oxygen atoms in total. The summed E-state index contributed by atoms with van der Waals surface area (Å²) in [5.74, 6) is -0.577. The molecule has 1 amide bonds. The van der Waals surface area contributed by atoms with Crippen LogP contribution in [0.4, 0.5) is 11.5 Å². The van der Waals surface area contributed by atoms with Gasteiger partial charge in [-0.15, -0.1) is 0 Å². The van der Waals surface area contributed by atoms with E-state index in [2.05, 4.69) is 9.97 Å². The minimum Gasteiger partial charge on any atom is -0.383 e. The highest BCUT2D eigenvalue weighted by Gasteiger charge is 2.25. The van der Waals surface area contributed by atoms with Crippen LogP contribution in [0, 0.1) is 5.92 Å². The number of thioether (sulfide) groups is 1. The Bertz CT molecular complexity index is 1380. The van der Waals surface area contributed by atoms with Crippen LogP contribution >= 0.6 is 11.8 Å². The van der Waals surface area contributed by atoms with Crippen LogP contribution in [0.1, 0.15) is 13.8 Å². The summed E-state index contributed by atoms with van der Waals surface area (Å²) in [5, 5.41) is 0.838. The van der Waals surface area contributed by atoms with Crippen molar-refractivity contribution in [2.45, 2.75) is 25.5 Å². The number of carbonyl (C=O) groups is 1. The molecule has 1 aromatic carbocycles. The molecule has 182 valence electrons. The van der Waals surface area contributed by atoms with E-state index in [1.807, 2.05) is 13.8 Å². The Morgan fingerprint density at radius 1 is 1.26 bits per heavy atom. The van der Waals surface area contributed by atoms with Gasteiger partial charge < -0.3 is 15.4 Å². The van der Waals surface area contributed by atoms with E-state index in [-0.39, 0.29) is 48.4 Å². The van der Waals surface area contributed by atoms with Crippen LogP contribution in [0.3, 0.4) is 0 Å². The molecular formula is C22H28N6O5S. The summed E-state index contributed by atoms with van der Waals surface area (Å²) in [4.78, 5) is 58.8. The van der Waals surface area contributed by atoms with Crippen molar-refractivity contribution in [3.8, 4) is 0 Å². The van der Waals surface area contributed by atoms with Gasteiger partial charge in [-0.3, -0.25) is 28.5 Å². The van der Waals surface area contributed by atoms with Gasteiger partial charge in [0, 0.05) is 27.2 Å². The molecule has 2 heterocycles. The minimum absolute atomic E-state index is 0.0487. The number of fused-ring (bicyclic) bond motifs is 1. The van der Waals surface area contributed by atoms with Crippen LogP contribution < -0.4 is 27.4 Å². The maximum atomic E-state index is 13.2. The summed E-state index contributed by atoms with van der Waals surface area (Å²) in [6, 6.07) is 6.96. The summed E-state index contributed by atoms with van der Waals surface area (Å²) >= 11 is 1.07.